The first-order chi connectivity index (χ1) is 5.04. The van der Waals surface area contributed by atoms with E-state index in [4.69, 9.17) is 2.74 Å². The highest BCUT2D eigenvalue weighted by molar-refractivity contribution is 5.27. The van der Waals surface area contributed by atoms with Crippen molar-refractivity contribution in [1.82, 2.24) is 0 Å². The second-order valence-electron chi connectivity index (χ2n) is 2.39. The Morgan fingerprint density at radius 2 is 1.44 bits per heavy atom. The van der Waals surface area contributed by atoms with Gasteiger partial charge in [-0.1, -0.05) is 34.8 Å². The minimum absolute atomic E-state index is 0.501. The fraction of sp³-hybridized carbons (Fsp3) is 0.333. The molecule has 0 nitrogen and oxygen atoms in total. The molecule has 0 radical (unpaired) electrons. The summed E-state index contributed by atoms with van der Waals surface area (Å²) in [7, 11) is 0. The molecule has 0 aromatic heterocycles. The molecule has 48 valence electrons. The fourth-order valence-electron chi connectivity index (χ4n) is 1.02. The quantitative estimate of drug-likeness (QED) is 0.496. The summed E-state index contributed by atoms with van der Waals surface area (Å²) in [5.41, 5.74) is 2.69. The van der Waals surface area contributed by atoms with E-state index in [0.717, 1.165) is 16.7 Å². The van der Waals surface area contributed by atoms with E-state index in [1.807, 2.05) is 26.8 Å². The van der Waals surface area contributed by atoms with Crippen molar-refractivity contribution in [2.75, 3.05) is 0 Å². The maximum Gasteiger partial charge on any atom is 0.0628 e. The van der Waals surface area contributed by atoms with Crippen LogP contribution < -0.4 is 0 Å². The van der Waals surface area contributed by atoms with Gasteiger partial charge in [-0.05, 0) is 20.8 Å². The summed E-state index contributed by atoms with van der Waals surface area (Å²) in [6.45, 7) is 5.63. The molecule has 0 aliphatic carbocycles. The van der Waals surface area contributed by atoms with Crippen molar-refractivity contribution < 1.29 is 2.74 Å². The van der Waals surface area contributed by atoms with Crippen LogP contribution in [0.15, 0.2) is 18.2 Å². The van der Waals surface area contributed by atoms with E-state index in [-0.39, 0.29) is 0 Å². The molecular formula is C9H12. The Morgan fingerprint density at radius 1 is 1.00 bits per heavy atom. The van der Waals surface area contributed by atoms with Crippen LogP contribution in [0, 0.1) is 20.8 Å². The second kappa shape index (κ2) is 2.22. The molecule has 1 rings (SSSR count). The molecule has 9 heavy (non-hydrogen) atoms. The van der Waals surface area contributed by atoms with Gasteiger partial charge in [-0.3, -0.25) is 0 Å². The molecule has 0 aliphatic heterocycles. The van der Waals surface area contributed by atoms with Crippen molar-refractivity contribution in [3.05, 3.63) is 34.8 Å². The third kappa shape index (κ3) is 1.56. The van der Waals surface area contributed by atoms with Crippen LogP contribution in [-0.2, 0) is 0 Å². The Labute approximate surface area is 59.3 Å². The van der Waals surface area contributed by atoms with Crippen molar-refractivity contribution in [3.8, 4) is 0 Å². The number of rotatable bonds is 0. The molecule has 0 saturated heterocycles. The van der Waals surface area contributed by atoms with Gasteiger partial charge in [0.25, 0.3) is 0 Å². The van der Waals surface area contributed by atoms with Gasteiger partial charge in [0.15, 0.2) is 0 Å². The zero-order valence-electron chi connectivity index (χ0n) is 8.08. The van der Waals surface area contributed by atoms with Gasteiger partial charge in [-0.15, -0.1) is 0 Å². The summed E-state index contributed by atoms with van der Waals surface area (Å²) in [6.07, 6.45) is 0. The van der Waals surface area contributed by atoms with E-state index >= 15 is 0 Å². The highest BCUT2D eigenvalue weighted by Crippen LogP contribution is 2.06. The molecule has 0 N–H and O–H groups in total. The Morgan fingerprint density at radius 3 is 1.89 bits per heavy atom. The van der Waals surface area contributed by atoms with Gasteiger partial charge in [0.1, 0.15) is 0 Å². The number of hydrogen-bond acceptors (Lipinski definition) is 0. The summed E-state index contributed by atoms with van der Waals surface area (Å²) in [4.78, 5) is 0. The standard InChI is InChI=1S/C9H12/c1-7-4-8(2)6-9(3)5-7/h4-6H,1-3H3/i4D,5D. The lowest BCUT2D eigenvalue weighted by atomic mass is 10.1. The van der Waals surface area contributed by atoms with Crippen molar-refractivity contribution in [1.29, 1.82) is 0 Å². The van der Waals surface area contributed by atoms with Crippen LogP contribution >= 0.6 is 0 Å². The van der Waals surface area contributed by atoms with Crippen LogP contribution in [0.3, 0.4) is 0 Å². The average Bonchev–Trinajstić information content (AvgIpc) is 1.97. The van der Waals surface area contributed by atoms with Gasteiger partial charge in [-0.2, -0.15) is 0 Å². The fourth-order valence-corrected chi connectivity index (χ4v) is 1.02. The molecule has 0 saturated carbocycles. The molecule has 0 heteroatoms. The molecule has 0 unspecified atom stereocenters. The van der Waals surface area contributed by atoms with Crippen molar-refractivity contribution in [2.24, 2.45) is 0 Å². The van der Waals surface area contributed by atoms with Crippen LogP contribution in [0.4, 0.5) is 0 Å². The maximum atomic E-state index is 7.56. The molecule has 0 spiro atoms. The molecular weight excluding hydrogens is 108 g/mol. The van der Waals surface area contributed by atoms with E-state index in [9.17, 15) is 0 Å². The van der Waals surface area contributed by atoms with Crippen LogP contribution in [0.1, 0.15) is 19.4 Å². The molecule has 1 aromatic rings. The highest BCUT2D eigenvalue weighted by Gasteiger charge is 1.87. The zero-order chi connectivity index (χ0) is 8.59. The molecule has 0 fully saturated rings. The van der Waals surface area contributed by atoms with Crippen molar-refractivity contribution >= 4 is 0 Å². The normalized spacial score (nSPS) is 12.8. The van der Waals surface area contributed by atoms with E-state index in [0.29, 0.717) is 12.1 Å². The maximum absolute atomic E-state index is 7.56. The Bertz CT molecular complexity index is 264. The molecule has 0 aliphatic rings. The van der Waals surface area contributed by atoms with Crippen molar-refractivity contribution in [3.63, 3.8) is 0 Å². The molecule has 0 heterocycles. The van der Waals surface area contributed by atoms with E-state index in [1.54, 1.807) is 0 Å². The van der Waals surface area contributed by atoms with Gasteiger partial charge >= 0.3 is 0 Å². The van der Waals surface area contributed by atoms with Crippen LogP contribution in [0.5, 0.6) is 0 Å². The van der Waals surface area contributed by atoms with Gasteiger partial charge in [0, 0.05) is 0 Å². The molecule has 0 amide bonds. The lowest BCUT2D eigenvalue weighted by Gasteiger charge is -1.96. The first-order valence-corrected chi connectivity index (χ1v) is 3.08. The van der Waals surface area contributed by atoms with E-state index in [1.165, 1.54) is 0 Å². The lowest BCUT2D eigenvalue weighted by molar-refractivity contribution is 1.32. The first kappa shape index (κ1) is 4.10. The number of aryl methyl sites for hydroxylation is 2. The van der Waals surface area contributed by atoms with Gasteiger partial charge in [0.05, 0.1) is 2.74 Å². The third-order valence-electron chi connectivity index (χ3n) is 1.20. The zero-order valence-corrected chi connectivity index (χ0v) is 6.08. The molecule has 0 bridgehead atoms. The van der Waals surface area contributed by atoms with Crippen molar-refractivity contribution in [2.45, 2.75) is 20.8 Å². The minimum atomic E-state index is 0.501. The van der Waals surface area contributed by atoms with Gasteiger partial charge < -0.3 is 0 Å². The summed E-state index contributed by atoms with van der Waals surface area (Å²) in [5.74, 6) is 0. The largest absolute Gasteiger partial charge is 0.0628 e. The van der Waals surface area contributed by atoms with E-state index in [2.05, 4.69) is 0 Å². The highest BCUT2D eigenvalue weighted by atomic mass is 13.9. The van der Waals surface area contributed by atoms with Crippen LogP contribution in [0.2, 0.25) is 0 Å². The van der Waals surface area contributed by atoms with Gasteiger partial charge in [0.2, 0.25) is 0 Å². The number of benzene rings is 1. The summed E-state index contributed by atoms with van der Waals surface area (Å²) >= 11 is 0. The van der Waals surface area contributed by atoms with E-state index < -0.39 is 0 Å². The van der Waals surface area contributed by atoms with Crippen LogP contribution in [0.25, 0.3) is 0 Å². The molecule has 0 atom stereocenters. The summed E-state index contributed by atoms with van der Waals surface area (Å²) in [5, 5.41) is 0. The Hall–Kier alpha value is -0.780. The monoisotopic (exact) mass is 122 g/mol. The summed E-state index contributed by atoms with van der Waals surface area (Å²) in [6, 6.07) is 2.89. The molecule has 1 aromatic carbocycles. The Kier molecular flexibility index (Phi) is 1.01. The summed E-state index contributed by atoms with van der Waals surface area (Å²) < 4.78 is 15.1. The average molecular weight is 122 g/mol. The second-order valence-corrected chi connectivity index (χ2v) is 2.39. The number of hydrogen-bond donors (Lipinski definition) is 0. The third-order valence-corrected chi connectivity index (χ3v) is 1.20. The Balaban J connectivity index is 3.46. The topological polar surface area (TPSA) is 0 Å². The SMILES string of the molecule is [2H]c1c(C)cc(C)c([2H])c1C. The predicted octanol–water partition coefficient (Wildman–Crippen LogP) is 2.61. The smallest absolute Gasteiger partial charge is 0.0564 e. The first-order valence-electron chi connectivity index (χ1n) is 4.08. The lowest BCUT2D eigenvalue weighted by Crippen LogP contribution is -1.78. The minimum Gasteiger partial charge on any atom is -0.0564 e. The van der Waals surface area contributed by atoms with Gasteiger partial charge in [-0.25, -0.2) is 0 Å². The van der Waals surface area contributed by atoms with Crippen LogP contribution in [-0.4, -0.2) is 0 Å². The predicted molar refractivity (Wildman–Crippen MR) is 40.7 cm³/mol.